The average molecular weight is 403 g/mol. The molecule has 1 rings (SSSR count). The number of thiocarbonyl (C=S) groups is 1. The lowest BCUT2D eigenvalue weighted by atomic mass is 10.2. The van der Waals surface area contributed by atoms with E-state index in [1.165, 1.54) is 24.3 Å². The number of carbonyl (C=O) groups excluding carboxylic acids is 1. The van der Waals surface area contributed by atoms with Crippen LogP contribution >= 0.6 is 47.0 Å². The van der Waals surface area contributed by atoms with E-state index in [1.807, 2.05) is 0 Å². The fraction of sp³-hybridized carbons (Fsp3) is 0.250. The van der Waals surface area contributed by atoms with Crippen molar-refractivity contribution < 1.29 is 19.1 Å². The van der Waals surface area contributed by atoms with Crippen LogP contribution in [0.1, 0.15) is 10.4 Å². The van der Waals surface area contributed by atoms with Crippen LogP contribution in [0.4, 0.5) is 10.1 Å². The molecule has 0 saturated carbocycles. The van der Waals surface area contributed by atoms with E-state index in [9.17, 15) is 14.0 Å². The largest absolute Gasteiger partial charge is 0.478 e. The quantitative estimate of drug-likeness (QED) is 0.344. The summed E-state index contributed by atoms with van der Waals surface area (Å²) in [6.45, 7) is -1.28. The van der Waals surface area contributed by atoms with Gasteiger partial charge in [-0.3, -0.25) is 4.79 Å². The van der Waals surface area contributed by atoms with Gasteiger partial charge in [-0.05, 0) is 36.5 Å². The standard InChI is InChI=1S/C12H11Cl3FN3O3S/c13-12(14,15)10(18-8(20)5-16)19-11(23)17-7-3-1-6(2-4-7)9(21)22/h1-4,10H,5H2,(H,18,20)(H,21,22)(H2,17,19,23). The summed E-state index contributed by atoms with van der Waals surface area (Å²) in [6, 6.07) is 5.68. The van der Waals surface area contributed by atoms with Crippen LogP contribution in [-0.2, 0) is 4.79 Å². The van der Waals surface area contributed by atoms with Crippen molar-refractivity contribution in [3.63, 3.8) is 0 Å². The molecule has 0 saturated heterocycles. The van der Waals surface area contributed by atoms with E-state index in [0.717, 1.165) is 0 Å². The van der Waals surface area contributed by atoms with Crippen molar-refractivity contribution in [1.29, 1.82) is 0 Å². The maximum absolute atomic E-state index is 12.3. The summed E-state index contributed by atoms with van der Waals surface area (Å²) in [5, 5.41) is 16.1. The molecule has 0 fully saturated rings. The van der Waals surface area contributed by atoms with Crippen LogP contribution in [0.3, 0.4) is 0 Å². The van der Waals surface area contributed by atoms with Gasteiger partial charge in [-0.15, -0.1) is 0 Å². The summed E-state index contributed by atoms with van der Waals surface area (Å²) in [5.41, 5.74) is 0.566. The van der Waals surface area contributed by atoms with Crippen LogP contribution in [0.2, 0.25) is 0 Å². The number of hydrogen-bond donors (Lipinski definition) is 4. The maximum Gasteiger partial charge on any atom is 0.335 e. The van der Waals surface area contributed by atoms with Crippen LogP contribution in [0, 0.1) is 0 Å². The zero-order valence-electron chi connectivity index (χ0n) is 11.3. The molecule has 0 aliphatic carbocycles. The van der Waals surface area contributed by atoms with Gasteiger partial charge in [0.2, 0.25) is 3.79 Å². The minimum atomic E-state index is -1.98. The Balaban J connectivity index is 2.71. The topological polar surface area (TPSA) is 90.5 Å². The lowest BCUT2D eigenvalue weighted by molar-refractivity contribution is -0.122. The third-order valence-electron chi connectivity index (χ3n) is 2.42. The first kappa shape index (κ1) is 19.7. The number of anilines is 1. The number of alkyl halides is 4. The predicted octanol–water partition coefficient (Wildman–Crippen LogP) is 2.45. The van der Waals surface area contributed by atoms with Gasteiger partial charge < -0.3 is 21.1 Å². The van der Waals surface area contributed by atoms with Crippen LogP contribution in [0.5, 0.6) is 0 Å². The lowest BCUT2D eigenvalue weighted by Crippen LogP contribution is -2.56. The van der Waals surface area contributed by atoms with E-state index in [4.69, 9.17) is 52.1 Å². The highest BCUT2D eigenvalue weighted by Gasteiger charge is 2.34. The number of carbonyl (C=O) groups is 2. The van der Waals surface area contributed by atoms with E-state index in [-0.39, 0.29) is 10.7 Å². The van der Waals surface area contributed by atoms with Gasteiger partial charge in [0.25, 0.3) is 5.91 Å². The fourth-order valence-electron chi connectivity index (χ4n) is 1.39. The third kappa shape index (κ3) is 6.74. The number of carboxylic acids is 1. The molecule has 11 heteroatoms. The van der Waals surface area contributed by atoms with Crippen molar-refractivity contribution in [3.05, 3.63) is 29.8 Å². The Kier molecular flexibility index (Phi) is 7.27. The van der Waals surface area contributed by atoms with Gasteiger partial charge in [0.1, 0.15) is 6.17 Å². The predicted molar refractivity (Wildman–Crippen MR) is 91.0 cm³/mol. The van der Waals surface area contributed by atoms with Crippen LogP contribution in [0.15, 0.2) is 24.3 Å². The lowest BCUT2D eigenvalue weighted by Gasteiger charge is -2.27. The maximum atomic E-state index is 12.3. The van der Waals surface area contributed by atoms with E-state index in [1.54, 1.807) is 0 Å². The average Bonchev–Trinajstić information content (AvgIpc) is 2.45. The summed E-state index contributed by atoms with van der Waals surface area (Å²) in [7, 11) is 0. The van der Waals surface area contributed by atoms with E-state index < -0.39 is 28.5 Å². The molecule has 1 atom stereocenters. The zero-order valence-corrected chi connectivity index (χ0v) is 14.4. The van der Waals surface area contributed by atoms with Crippen molar-refractivity contribution in [2.75, 3.05) is 12.0 Å². The molecular weight excluding hydrogens is 392 g/mol. The molecule has 6 nitrogen and oxygen atoms in total. The van der Waals surface area contributed by atoms with Gasteiger partial charge in [0.15, 0.2) is 11.8 Å². The van der Waals surface area contributed by atoms with Crippen molar-refractivity contribution in [3.8, 4) is 0 Å². The number of rotatable bonds is 5. The number of carboxylic acid groups (broad SMARTS) is 1. The number of aromatic carboxylic acids is 1. The highest BCUT2D eigenvalue weighted by atomic mass is 35.6. The Morgan fingerprint density at radius 3 is 2.22 bits per heavy atom. The fourth-order valence-corrected chi connectivity index (χ4v) is 1.96. The van der Waals surface area contributed by atoms with E-state index in [2.05, 4.69) is 16.0 Å². The second-order valence-corrected chi connectivity index (χ2v) is 6.93. The molecular formula is C12H11Cl3FN3O3S. The first-order valence-electron chi connectivity index (χ1n) is 5.96. The van der Waals surface area contributed by atoms with E-state index in [0.29, 0.717) is 5.69 Å². The molecule has 1 aromatic rings. The highest BCUT2D eigenvalue weighted by molar-refractivity contribution is 7.80. The Hall–Kier alpha value is -1.35. The smallest absolute Gasteiger partial charge is 0.335 e. The monoisotopic (exact) mass is 401 g/mol. The second-order valence-electron chi connectivity index (χ2n) is 4.16. The van der Waals surface area contributed by atoms with Crippen LogP contribution in [-0.4, -0.2) is 38.7 Å². The Morgan fingerprint density at radius 2 is 1.78 bits per heavy atom. The van der Waals surface area contributed by atoms with Gasteiger partial charge in [0, 0.05) is 5.69 Å². The van der Waals surface area contributed by atoms with Crippen molar-refractivity contribution >= 4 is 69.7 Å². The summed E-state index contributed by atoms with van der Waals surface area (Å²) < 4.78 is 10.3. The molecule has 1 unspecified atom stereocenters. The Bertz CT molecular complexity index is 595. The van der Waals surface area contributed by atoms with Crippen molar-refractivity contribution in [2.45, 2.75) is 9.96 Å². The molecule has 1 amide bonds. The Morgan fingerprint density at radius 1 is 1.22 bits per heavy atom. The molecule has 0 bridgehead atoms. The summed E-state index contributed by atoms with van der Waals surface area (Å²) in [5.74, 6) is -2.05. The summed E-state index contributed by atoms with van der Waals surface area (Å²) in [6.07, 6.45) is -1.27. The van der Waals surface area contributed by atoms with Gasteiger partial charge in [-0.1, -0.05) is 34.8 Å². The zero-order chi connectivity index (χ0) is 17.6. The number of hydrogen-bond acceptors (Lipinski definition) is 3. The Labute approximate surface area is 151 Å². The number of benzene rings is 1. The van der Waals surface area contributed by atoms with Gasteiger partial charge in [-0.2, -0.15) is 0 Å². The van der Waals surface area contributed by atoms with Gasteiger partial charge in [0.05, 0.1) is 5.56 Å². The van der Waals surface area contributed by atoms with Crippen LogP contribution in [0.25, 0.3) is 0 Å². The molecule has 4 N–H and O–H groups in total. The molecule has 0 spiro atoms. The minimum absolute atomic E-state index is 0.0245. The summed E-state index contributed by atoms with van der Waals surface area (Å²) >= 11 is 22.0. The van der Waals surface area contributed by atoms with Crippen molar-refractivity contribution in [2.24, 2.45) is 0 Å². The normalized spacial score (nSPS) is 12.2. The van der Waals surface area contributed by atoms with Gasteiger partial charge in [-0.25, -0.2) is 9.18 Å². The number of amides is 1. The molecule has 0 aliphatic rings. The molecule has 126 valence electrons. The second kappa shape index (κ2) is 8.49. The number of halogens is 4. The SMILES string of the molecule is O=C(CF)NC(NC(=S)Nc1ccc(C(=O)O)cc1)C(Cl)(Cl)Cl. The highest BCUT2D eigenvalue weighted by Crippen LogP contribution is 2.29. The van der Waals surface area contributed by atoms with E-state index >= 15 is 0 Å². The third-order valence-corrected chi connectivity index (χ3v) is 3.29. The first-order valence-corrected chi connectivity index (χ1v) is 7.50. The first-order chi connectivity index (χ1) is 10.6. The molecule has 1 aromatic carbocycles. The van der Waals surface area contributed by atoms with Crippen molar-refractivity contribution in [1.82, 2.24) is 10.6 Å². The molecule has 0 heterocycles. The number of nitrogens with one attached hydrogen (secondary N) is 3. The molecule has 0 aliphatic heterocycles. The van der Waals surface area contributed by atoms with Gasteiger partial charge >= 0.3 is 5.97 Å². The molecule has 23 heavy (non-hydrogen) atoms. The minimum Gasteiger partial charge on any atom is -0.478 e. The summed E-state index contributed by atoms with van der Waals surface area (Å²) in [4.78, 5) is 21.8. The van der Waals surface area contributed by atoms with Crippen LogP contribution < -0.4 is 16.0 Å². The molecule has 0 aromatic heterocycles. The molecule has 0 radical (unpaired) electrons.